The predicted octanol–water partition coefficient (Wildman–Crippen LogP) is 10.2. The number of rotatable bonds is 3. The summed E-state index contributed by atoms with van der Waals surface area (Å²) in [6.07, 6.45) is 3.90. The number of fused-ring (bicyclic) bond motifs is 8. The summed E-state index contributed by atoms with van der Waals surface area (Å²) in [5.74, 6) is 0. The molecule has 0 saturated carbocycles. The van der Waals surface area contributed by atoms with Crippen molar-refractivity contribution in [3.05, 3.63) is 140 Å². The number of aromatic nitrogens is 1. The summed E-state index contributed by atoms with van der Waals surface area (Å²) in [5.41, 5.74) is 5.81. The van der Waals surface area contributed by atoms with E-state index in [2.05, 4.69) is 115 Å². The predicted molar refractivity (Wildman–Crippen MR) is 163 cm³/mol. The maximum absolute atomic E-state index is 6.30. The Morgan fingerprint density at radius 2 is 1.05 bits per heavy atom. The van der Waals surface area contributed by atoms with E-state index in [0.29, 0.717) is 0 Å². The van der Waals surface area contributed by atoms with E-state index in [0.717, 1.165) is 55.2 Å². The zero-order valence-corrected chi connectivity index (χ0v) is 20.9. The van der Waals surface area contributed by atoms with Crippen LogP contribution in [-0.2, 0) is 0 Å². The Labute approximate surface area is 220 Å². The fourth-order valence-corrected chi connectivity index (χ4v) is 5.81. The highest BCUT2D eigenvalue weighted by molar-refractivity contribution is 6.16. The molecule has 0 atom stereocenters. The van der Waals surface area contributed by atoms with Crippen LogP contribution >= 0.6 is 0 Å². The van der Waals surface area contributed by atoms with Crippen molar-refractivity contribution in [1.82, 2.24) is 4.57 Å². The highest BCUT2D eigenvalue weighted by atomic mass is 16.3. The largest absolute Gasteiger partial charge is 0.456 e. The highest BCUT2D eigenvalue weighted by Crippen LogP contribution is 2.38. The molecule has 0 fully saturated rings. The van der Waals surface area contributed by atoms with Gasteiger partial charge in [-0.1, -0.05) is 110 Å². The molecule has 2 nitrogen and oxygen atoms in total. The van der Waals surface area contributed by atoms with Crippen molar-refractivity contribution in [1.29, 1.82) is 0 Å². The van der Waals surface area contributed by atoms with Crippen LogP contribution in [0, 0.1) is 0 Å². The maximum Gasteiger partial charge on any atom is 0.137 e. The summed E-state index contributed by atoms with van der Waals surface area (Å²) < 4.78 is 8.62. The molecule has 0 aliphatic heterocycles. The van der Waals surface area contributed by atoms with Crippen molar-refractivity contribution < 1.29 is 4.42 Å². The zero-order chi connectivity index (χ0) is 25.6. The van der Waals surface area contributed by atoms with Crippen molar-refractivity contribution in [3.8, 4) is 5.69 Å². The summed E-state index contributed by atoms with van der Waals surface area (Å²) in [6.45, 7) is 8.59. The molecule has 0 saturated heterocycles. The molecule has 0 radical (unpaired) electrons. The quantitative estimate of drug-likeness (QED) is 0.242. The zero-order valence-electron chi connectivity index (χ0n) is 20.9. The van der Waals surface area contributed by atoms with Crippen molar-refractivity contribution in [2.24, 2.45) is 0 Å². The van der Waals surface area contributed by atoms with Gasteiger partial charge in [-0.2, -0.15) is 0 Å². The Morgan fingerprint density at radius 3 is 1.76 bits per heavy atom. The number of furan rings is 1. The summed E-state index contributed by atoms with van der Waals surface area (Å²) in [4.78, 5) is 0. The normalized spacial score (nSPS) is 11.4. The first kappa shape index (κ1) is 22.1. The molecule has 180 valence electrons. The van der Waals surface area contributed by atoms with Crippen LogP contribution in [0.5, 0.6) is 0 Å². The third-order valence-corrected chi connectivity index (χ3v) is 7.41. The van der Waals surface area contributed by atoms with Gasteiger partial charge < -0.3 is 8.98 Å². The van der Waals surface area contributed by atoms with Crippen LogP contribution in [0.25, 0.3) is 72.2 Å². The van der Waals surface area contributed by atoms with Crippen LogP contribution in [0.4, 0.5) is 0 Å². The molecule has 0 bridgehead atoms. The molecule has 0 unspecified atom stereocenters. The molecule has 2 aromatic heterocycles. The van der Waals surface area contributed by atoms with Crippen LogP contribution in [0.2, 0.25) is 0 Å². The minimum absolute atomic E-state index is 0.852. The van der Waals surface area contributed by atoms with Crippen molar-refractivity contribution >= 4 is 66.5 Å². The number of hydrogen-bond donors (Lipinski definition) is 0. The lowest BCUT2D eigenvalue weighted by atomic mass is 10.0. The van der Waals surface area contributed by atoms with Gasteiger partial charge in [-0.25, -0.2) is 0 Å². The molecule has 0 amide bonds. The van der Waals surface area contributed by atoms with Gasteiger partial charge in [0.15, 0.2) is 0 Å². The minimum Gasteiger partial charge on any atom is -0.456 e. The first-order valence-electron chi connectivity index (χ1n) is 12.8. The van der Waals surface area contributed by atoms with Crippen LogP contribution in [0.1, 0.15) is 11.3 Å². The van der Waals surface area contributed by atoms with Crippen molar-refractivity contribution in [2.75, 3.05) is 0 Å². The smallest absolute Gasteiger partial charge is 0.137 e. The second-order valence-electron chi connectivity index (χ2n) is 9.40. The van der Waals surface area contributed by atoms with Gasteiger partial charge in [0.25, 0.3) is 0 Å². The molecule has 0 aliphatic rings. The summed E-state index contributed by atoms with van der Waals surface area (Å²) in [7, 11) is 0. The first-order valence-corrected chi connectivity index (χ1v) is 12.8. The molecule has 0 spiro atoms. The molecular weight excluding hydrogens is 462 g/mol. The highest BCUT2D eigenvalue weighted by Gasteiger charge is 2.17. The Kier molecular flexibility index (Phi) is 5.12. The molecule has 7 aromatic rings. The molecule has 7 rings (SSSR count). The van der Waals surface area contributed by atoms with Crippen molar-refractivity contribution in [2.45, 2.75) is 0 Å². The van der Waals surface area contributed by atoms with Gasteiger partial charge in [0, 0.05) is 16.3 Å². The summed E-state index contributed by atoms with van der Waals surface area (Å²) in [5, 5.41) is 7.95. The van der Waals surface area contributed by atoms with Gasteiger partial charge in [0.1, 0.15) is 11.2 Å². The second kappa shape index (κ2) is 8.79. The first-order chi connectivity index (χ1) is 18.8. The molecule has 0 aliphatic carbocycles. The van der Waals surface area contributed by atoms with Gasteiger partial charge in [-0.15, -0.1) is 0 Å². The van der Waals surface area contributed by atoms with E-state index in [-0.39, 0.29) is 0 Å². The number of para-hydroxylation sites is 2. The Hall–Kier alpha value is -5.08. The Bertz CT molecular complexity index is 2120. The molecule has 2 heterocycles. The van der Waals surface area contributed by atoms with Gasteiger partial charge in [-0.05, 0) is 51.9 Å². The number of hydrogen-bond acceptors (Lipinski definition) is 1. The average molecular weight is 488 g/mol. The number of benzene rings is 5. The van der Waals surface area contributed by atoms with E-state index < -0.39 is 0 Å². The van der Waals surface area contributed by atoms with Gasteiger partial charge >= 0.3 is 0 Å². The van der Waals surface area contributed by atoms with Crippen molar-refractivity contribution in [3.63, 3.8) is 0 Å². The molecular formula is C36H25NO. The van der Waals surface area contributed by atoms with Gasteiger partial charge in [-0.3, -0.25) is 0 Å². The summed E-state index contributed by atoms with van der Waals surface area (Å²) in [6, 6.07) is 40.3. The van der Waals surface area contributed by atoms with Crippen LogP contribution in [0.3, 0.4) is 0 Å². The van der Waals surface area contributed by atoms with E-state index in [1.807, 2.05) is 30.4 Å². The van der Waals surface area contributed by atoms with Crippen LogP contribution in [0.15, 0.2) is 133 Å². The van der Waals surface area contributed by atoms with E-state index in [4.69, 9.17) is 4.42 Å². The van der Waals surface area contributed by atoms with E-state index in [1.165, 1.54) is 16.2 Å². The van der Waals surface area contributed by atoms with E-state index in [1.54, 1.807) is 0 Å². The molecule has 38 heavy (non-hydrogen) atoms. The molecule has 0 N–H and O–H groups in total. The standard InChI is InChI=1S/C36H25NO/c1-3-24-25-14-5-6-15-26(25)27-16-7-8-17-28(27)29-18-9-11-20-32(29)37(31(24)4-2)33-21-13-23-35-36(33)30-19-10-12-22-34(30)38-35/h3-23H,1-2H2. The summed E-state index contributed by atoms with van der Waals surface area (Å²) >= 11 is 0. The molecule has 5 aromatic carbocycles. The van der Waals surface area contributed by atoms with Crippen LogP contribution in [-0.4, -0.2) is 4.57 Å². The van der Waals surface area contributed by atoms with E-state index >= 15 is 0 Å². The minimum atomic E-state index is 0.852. The third kappa shape index (κ3) is 3.21. The monoisotopic (exact) mass is 487 g/mol. The molecule has 2 heteroatoms. The average Bonchev–Trinajstić information content (AvgIpc) is 3.38. The second-order valence-corrected chi connectivity index (χ2v) is 9.40. The third-order valence-electron chi connectivity index (χ3n) is 7.41. The Balaban J connectivity index is 1.87. The SMILES string of the molecule is C=Cc1c(C=C)n(-c2cccc3oc4ccccc4c23)c2ccccc2c2ccccc2c2ccccc12. The lowest BCUT2D eigenvalue weighted by molar-refractivity contribution is 0.669. The maximum atomic E-state index is 6.30. The van der Waals surface area contributed by atoms with Crippen LogP contribution < -0.4 is 0 Å². The topological polar surface area (TPSA) is 18.1 Å². The van der Waals surface area contributed by atoms with Gasteiger partial charge in [0.05, 0.1) is 22.3 Å². The Morgan fingerprint density at radius 1 is 0.500 bits per heavy atom. The lowest BCUT2D eigenvalue weighted by Crippen LogP contribution is -2.02. The fraction of sp³-hybridized carbons (Fsp3) is 0. The fourth-order valence-electron chi connectivity index (χ4n) is 5.81. The number of nitrogens with zero attached hydrogens (tertiary/aromatic N) is 1. The van der Waals surface area contributed by atoms with Gasteiger partial charge in [0.2, 0.25) is 0 Å². The van der Waals surface area contributed by atoms with E-state index in [9.17, 15) is 0 Å². The lowest BCUT2D eigenvalue weighted by Gasteiger charge is -2.17.